The van der Waals surface area contributed by atoms with Crippen LogP contribution in [0.5, 0.6) is 5.75 Å². The predicted molar refractivity (Wildman–Crippen MR) is 184 cm³/mol. The number of hydrogen-bond acceptors (Lipinski definition) is 6. The largest absolute Gasteiger partial charge is 0.496 e. The van der Waals surface area contributed by atoms with Crippen molar-refractivity contribution in [3.63, 3.8) is 0 Å². The number of carboxylic acid groups (broad SMARTS) is 1. The fraction of sp³-hybridized carbons (Fsp3) is 0.0833. The maximum absolute atomic E-state index is 13.4. The van der Waals surface area contributed by atoms with Gasteiger partial charge in [-0.15, -0.1) is 0 Å². The van der Waals surface area contributed by atoms with E-state index < -0.39 is 26.6 Å². The molecule has 6 aromatic rings. The standard InChI is InChI=1S/C36H28ClN3O7S/c1-47-34-19-26(36(41)42)13-12-25(34)18-27-22-39(35(23-8-4-2-5-9-23)24-10-6-3-7-11-24)32-17-14-28(20-30(27)32)38-48(45,46)29-15-16-31(37)33(21-29)40(43)44/h2-17,19-22,35,38H,18H2,1H3,(H,41,42). The highest BCUT2D eigenvalue weighted by atomic mass is 35.5. The van der Waals surface area contributed by atoms with E-state index in [2.05, 4.69) is 9.29 Å². The van der Waals surface area contributed by atoms with Gasteiger partial charge >= 0.3 is 5.97 Å². The van der Waals surface area contributed by atoms with Crippen LogP contribution in [0.1, 0.15) is 38.7 Å². The number of carbonyl (C=O) groups is 1. The van der Waals surface area contributed by atoms with Crippen LogP contribution < -0.4 is 9.46 Å². The summed E-state index contributed by atoms with van der Waals surface area (Å²) < 4.78 is 37.1. The molecule has 6 rings (SSSR count). The predicted octanol–water partition coefficient (Wildman–Crippen LogP) is 7.94. The lowest BCUT2D eigenvalue weighted by Gasteiger charge is -2.22. The first-order valence-electron chi connectivity index (χ1n) is 14.7. The Labute approximate surface area is 281 Å². The van der Waals surface area contributed by atoms with Crippen molar-refractivity contribution in [2.24, 2.45) is 0 Å². The molecule has 0 saturated carbocycles. The van der Waals surface area contributed by atoms with Crippen molar-refractivity contribution in [1.82, 2.24) is 4.57 Å². The molecule has 0 atom stereocenters. The summed E-state index contributed by atoms with van der Waals surface area (Å²) in [7, 11) is -2.77. The van der Waals surface area contributed by atoms with Crippen molar-refractivity contribution < 1.29 is 28.0 Å². The molecule has 0 radical (unpaired) electrons. The fourth-order valence-corrected chi connectivity index (χ4v) is 7.03. The second kappa shape index (κ2) is 13.2. The Morgan fingerprint density at radius 2 is 1.58 bits per heavy atom. The Kier molecular flexibility index (Phi) is 8.90. The Balaban J connectivity index is 1.51. The zero-order valence-electron chi connectivity index (χ0n) is 25.4. The minimum atomic E-state index is -4.24. The Hall–Kier alpha value is -5.65. The first-order chi connectivity index (χ1) is 23.1. The molecule has 0 fully saturated rings. The van der Waals surface area contributed by atoms with Crippen LogP contribution >= 0.6 is 11.6 Å². The van der Waals surface area contributed by atoms with Gasteiger partial charge in [-0.2, -0.15) is 0 Å². The van der Waals surface area contributed by atoms with Gasteiger partial charge in [-0.05, 0) is 64.7 Å². The third-order valence-corrected chi connectivity index (χ3v) is 9.71. The molecule has 12 heteroatoms. The number of rotatable bonds is 11. The number of aromatic nitrogens is 1. The molecule has 48 heavy (non-hydrogen) atoms. The summed E-state index contributed by atoms with van der Waals surface area (Å²) >= 11 is 5.92. The molecule has 242 valence electrons. The molecule has 1 aromatic heterocycles. The Morgan fingerprint density at radius 1 is 0.917 bits per heavy atom. The zero-order valence-corrected chi connectivity index (χ0v) is 27.0. The molecule has 0 aliphatic carbocycles. The minimum Gasteiger partial charge on any atom is -0.496 e. The van der Waals surface area contributed by atoms with E-state index in [1.54, 1.807) is 18.2 Å². The quantitative estimate of drug-likeness (QED) is 0.104. The van der Waals surface area contributed by atoms with Gasteiger partial charge in [0.05, 0.1) is 28.5 Å². The second-order valence-electron chi connectivity index (χ2n) is 11.0. The van der Waals surface area contributed by atoms with E-state index in [-0.39, 0.29) is 27.2 Å². The number of sulfonamides is 1. The van der Waals surface area contributed by atoms with Gasteiger partial charge < -0.3 is 14.4 Å². The van der Waals surface area contributed by atoms with Crippen molar-refractivity contribution in [2.45, 2.75) is 17.4 Å². The van der Waals surface area contributed by atoms with E-state index in [0.29, 0.717) is 12.2 Å². The maximum atomic E-state index is 13.4. The van der Waals surface area contributed by atoms with E-state index in [9.17, 15) is 28.4 Å². The van der Waals surface area contributed by atoms with Crippen LogP contribution in [0.2, 0.25) is 5.02 Å². The number of nitro benzene ring substituents is 1. The highest BCUT2D eigenvalue weighted by Gasteiger charge is 2.24. The summed E-state index contributed by atoms with van der Waals surface area (Å²) in [5.74, 6) is -0.673. The summed E-state index contributed by atoms with van der Waals surface area (Å²) in [5, 5.41) is 21.5. The number of benzene rings is 5. The van der Waals surface area contributed by atoms with E-state index in [4.69, 9.17) is 16.3 Å². The average Bonchev–Trinajstić information content (AvgIpc) is 3.42. The molecule has 10 nitrogen and oxygen atoms in total. The molecule has 0 saturated heterocycles. The Morgan fingerprint density at radius 3 is 2.19 bits per heavy atom. The molecular weight excluding hydrogens is 654 g/mol. The van der Waals surface area contributed by atoms with E-state index in [1.165, 1.54) is 31.4 Å². The zero-order chi connectivity index (χ0) is 34.0. The van der Waals surface area contributed by atoms with Gasteiger partial charge in [-0.3, -0.25) is 14.8 Å². The maximum Gasteiger partial charge on any atom is 0.335 e. The van der Waals surface area contributed by atoms with E-state index in [0.717, 1.165) is 39.2 Å². The number of ether oxygens (including phenoxy) is 1. The van der Waals surface area contributed by atoms with Crippen molar-refractivity contribution >= 4 is 49.9 Å². The number of hydrogen-bond donors (Lipinski definition) is 2. The summed E-state index contributed by atoms with van der Waals surface area (Å²) in [6.07, 6.45) is 2.35. The highest BCUT2D eigenvalue weighted by Crippen LogP contribution is 2.37. The monoisotopic (exact) mass is 681 g/mol. The number of aromatic carboxylic acids is 1. The van der Waals surface area contributed by atoms with Crippen LogP contribution in [0.3, 0.4) is 0 Å². The first kappa shape index (κ1) is 32.3. The van der Waals surface area contributed by atoms with Crippen molar-refractivity contribution in [3.8, 4) is 5.75 Å². The van der Waals surface area contributed by atoms with Gasteiger partial charge in [-0.25, -0.2) is 13.2 Å². The smallest absolute Gasteiger partial charge is 0.335 e. The SMILES string of the molecule is COc1cc(C(=O)O)ccc1Cc1cn(C(c2ccccc2)c2ccccc2)c2ccc(NS(=O)(=O)c3ccc(Cl)c([N+](=O)[O-])c3)cc12. The lowest BCUT2D eigenvalue weighted by molar-refractivity contribution is -0.384. The number of methoxy groups -OCH3 is 1. The van der Waals surface area contributed by atoms with Crippen LogP contribution in [0.15, 0.2) is 126 Å². The highest BCUT2D eigenvalue weighted by molar-refractivity contribution is 7.92. The lowest BCUT2D eigenvalue weighted by atomic mass is 9.98. The van der Waals surface area contributed by atoms with Crippen molar-refractivity contribution in [2.75, 3.05) is 11.8 Å². The molecule has 5 aromatic carbocycles. The molecular formula is C36H28ClN3O7S. The molecule has 0 spiro atoms. The van der Waals surface area contributed by atoms with Crippen molar-refractivity contribution in [3.05, 3.63) is 164 Å². The van der Waals surface area contributed by atoms with Crippen LogP contribution in [0.25, 0.3) is 10.9 Å². The second-order valence-corrected chi connectivity index (χ2v) is 13.1. The number of fused-ring (bicyclic) bond motifs is 1. The Bertz CT molecular complexity index is 2240. The topological polar surface area (TPSA) is 141 Å². The van der Waals surface area contributed by atoms with Gasteiger partial charge in [-0.1, -0.05) is 78.3 Å². The molecule has 1 heterocycles. The van der Waals surface area contributed by atoms with Gasteiger partial charge in [0.25, 0.3) is 15.7 Å². The van der Waals surface area contributed by atoms with Crippen molar-refractivity contribution in [1.29, 1.82) is 0 Å². The van der Waals surface area contributed by atoms with E-state index in [1.807, 2.05) is 72.9 Å². The number of nitrogens with zero attached hydrogens (tertiary/aromatic N) is 2. The average molecular weight is 682 g/mol. The van der Waals surface area contributed by atoms with Gasteiger partial charge in [0.15, 0.2) is 0 Å². The number of halogens is 1. The summed E-state index contributed by atoms with van der Waals surface area (Å²) in [6.45, 7) is 0. The minimum absolute atomic E-state index is 0.0883. The van der Waals surface area contributed by atoms with Gasteiger partial charge in [0.2, 0.25) is 0 Å². The van der Waals surface area contributed by atoms with Gasteiger partial charge in [0.1, 0.15) is 10.8 Å². The summed E-state index contributed by atoms with van der Waals surface area (Å²) in [4.78, 5) is 22.0. The molecule has 2 N–H and O–H groups in total. The third kappa shape index (κ3) is 6.46. The van der Waals surface area contributed by atoms with E-state index >= 15 is 0 Å². The first-order valence-corrected chi connectivity index (χ1v) is 16.5. The fourth-order valence-electron chi connectivity index (χ4n) is 5.77. The molecule has 0 bridgehead atoms. The number of nitro groups is 1. The number of nitrogens with one attached hydrogen (secondary N) is 1. The summed E-state index contributed by atoms with van der Waals surface area (Å²) in [6, 6.07) is 32.9. The summed E-state index contributed by atoms with van der Waals surface area (Å²) in [5.41, 5.74) is 4.24. The van der Waals surface area contributed by atoms with Gasteiger partial charge in [0, 0.05) is 35.3 Å². The third-order valence-electron chi connectivity index (χ3n) is 8.02. The number of carboxylic acids is 1. The van der Waals surface area contributed by atoms with Crippen LogP contribution in [-0.2, 0) is 16.4 Å². The molecule has 0 amide bonds. The number of anilines is 1. The normalized spacial score (nSPS) is 11.5. The molecule has 0 aliphatic rings. The molecule has 0 unspecified atom stereocenters. The lowest BCUT2D eigenvalue weighted by Crippen LogP contribution is -2.13. The van der Waals surface area contributed by atoms with Crippen LogP contribution in [0.4, 0.5) is 11.4 Å². The van der Waals surface area contributed by atoms with Crippen LogP contribution in [0, 0.1) is 10.1 Å². The van der Waals surface area contributed by atoms with Crippen LogP contribution in [-0.4, -0.2) is 36.1 Å². The molecule has 0 aliphatic heterocycles.